The van der Waals surface area contributed by atoms with E-state index >= 15 is 0 Å². The second-order valence-electron chi connectivity index (χ2n) is 7.90. The molecule has 2 unspecified atom stereocenters. The number of carbonyl (C=O) groups is 1. The Kier molecular flexibility index (Phi) is 8.39. The number of thiophene rings is 1. The summed E-state index contributed by atoms with van der Waals surface area (Å²) < 4.78 is 28.1. The maximum absolute atomic E-state index is 12.9. The van der Waals surface area contributed by atoms with Gasteiger partial charge in [0.25, 0.3) is 0 Å². The molecular weight excluding hydrogens is 406 g/mol. The van der Waals surface area contributed by atoms with E-state index in [-0.39, 0.29) is 22.8 Å². The first kappa shape index (κ1) is 23.5. The van der Waals surface area contributed by atoms with E-state index in [4.69, 9.17) is 0 Å². The van der Waals surface area contributed by atoms with Crippen molar-refractivity contribution in [3.8, 4) is 0 Å². The third-order valence-electron chi connectivity index (χ3n) is 4.67. The fourth-order valence-corrected chi connectivity index (χ4v) is 4.95. The molecule has 0 aliphatic carbocycles. The van der Waals surface area contributed by atoms with Crippen molar-refractivity contribution in [2.45, 2.75) is 44.2 Å². The number of benzene rings is 1. The molecule has 0 saturated carbocycles. The summed E-state index contributed by atoms with van der Waals surface area (Å²) in [6.07, 6.45) is 0.419. The first-order valence-corrected chi connectivity index (χ1v) is 12.1. The van der Waals surface area contributed by atoms with Crippen LogP contribution in [0.15, 0.2) is 46.0 Å². The van der Waals surface area contributed by atoms with E-state index < -0.39 is 16.1 Å². The largest absolute Gasteiger partial charge is 0.353 e. The van der Waals surface area contributed by atoms with E-state index in [1.807, 2.05) is 51.2 Å². The number of hydrogen-bond donors (Lipinski definition) is 2. The van der Waals surface area contributed by atoms with Gasteiger partial charge >= 0.3 is 0 Å². The Morgan fingerprint density at radius 2 is 1.79 bits per heavy atom. The maximum atomic E-state index is 12.9. The molecular formula is C21H31N3O3S2. The molecule has 0 radical (unpaired) electrons. The van der Waals surface area contributed by atoms with Crippen molar-refractivity contribution in [3.63, 3.8) is 0 Å². The average molecular weight is 438 g/mol. The molecule has 6 nitrogen and oxygen atoms in total. The lowest BCUT2D eigenvalue weighted by molar-refractivity contribution is -0.123. The lowest BCUT2D eigenvalue weighted by atomic mass is 10.0. The highest BCUT2D eigenvalue weighted by atomic mass is 32.2. The molecule has 0 fully saturated rings. The van der Waals surface area contributed by atoms with E-state index in [1.165, 1.54) is 0 Å². The van der Waals surface area contributed by atoms with Crippen LogP contribution in [-0.4, -0.2) is 45.9 Å². The van der Waals surface area contributed by atoms with Crippen LogP contribution in [0.25, 0.3) is 0 Å². The van der Waals surface area contributed by atoms with Crippen LogP contribution < -0.4 is 10.0 Å². The summed E-state index contributed by atoms with van der Waals surface area (Å²) in [5.74, 6) is -0.149. The van der Waals surface area contributed by atoms with Crippen LogP contribution in [0, 0.1) is 12.8 Å². The van der Waals surface area contributed by atoms with Crippen LogP contribution in [0.4, 0.5) is 0 Å². The number of sulfonamides is 1. The van der Waals surface area contributed by atoms with Crippen LogP contribution in [0.5, 0.6) is 0 Å². The van der Waals surface area contributed by atoms with Gasteiger partial charge in [-0.3, -0.25) is 4.79 Å². The summed E-state index contributed by atoms with van der Waals surface area (Å²) >= 11 is 1.61. The third kappa shape index (κ3) is 6.92. The van der Waals surface area contributed by atoms with Crippen LogP contribution in [0.1, 0.15) is 37.4 Å². The fourth-order valence-electron chi connectivity index (χ4n) is 3.04. The Bertz CT molecular complexity index is 876. The fraction of sp³-hybridized carbons (Fsp3) is 0.476. The smallest absolute Gasteiger partial charge is 0.241 e. The Morgan fingerprint density at radius 1 is 1.14 bits per heavy atom. The first-order valence-electron chi connectivity index (χ1n) is 9.65. The molecule has 2 atom stereocenters. The topological polar surface area (TPSA) is 78.5 Å². The Balaban J connectivity index is 2.12. The highest BCUT2D eigenvalue weighted by Crippen LogP contribution is 2.20. The summed E-state index contributed by atoms with van der Waals surface area (Å²) in [5, 5.41) is 7.00. The first-order chi connectivity index (χ1) is 13.6. The quantitative estimate of drug-likeness (QED) is 0.598. The number of hydrogen-bond acceptors (Lipinski definition) is 5. The van der Waals surface area contributed by atoms with Gasteiger partial charge in [-0.2, -0.15) is 16.1 Å². The highest BCUT2D eigenvalue weighted by Gasteiger charge is 2.27. The van der Waals surface area contributed by atoms with Crippen LogP contribution in [0.2, 0.25) is 0 Å². The number of rotatable bonds is 10. The summed E-state index contributed by atoms with van der Waals surface area (Å²) in [6.45, 7) is 6.24. The van der Waals surface area contributed by atoms with E-state index in [1.54, 1.807) is 35.6 Å². The summed E-state index contributed by atoms with van der Waals surface area (Å²) in [5.41, 5.74) is 2.10. The van der Waals surface area contributed by atoms with E-state index in [9.17, 15) is 13.2 Å². The van der Waals surface area contributed by atoms with Crippen molar-refractivity contribution in [1.29, 1.82) is 0 Å². The zero-order chi connectivity index (χ0) is 21.6. The molecule has 0 aliphatic rings. The normalized spacial score (nSPS) is 14.2. The standard InChI is InChI=1S/C21H31N3O3S2/c1-15(2)12-19(23-29(26,27)18-8-6-16(3)7-9-18)21(25)22-13-20(24(4)5)17-10-11-28-14-17/h6-11,14-15,19-20,23H,12-13H2,1-5H3,(H,22,25). The minimum Gasteiger partial charge on any atom is -0.353 e. The summed E-state index contributed by atoms with van der Waals surface area (Å²) in [6, 6.07) is 7.84. The molecule has 1 amide bonds. The molecule has 0 aliphatic heterocycles. The third-order valence-corrected chi connectivity index (χ3v) is 6.86. The zero-order valence-corrected chi connectivity index (χ0v) is 19.3. The van der Waals surface area contributed by atoms with Crippen molar-refractivity contribution in [3.05, 3.63) is 52.2 Å². The van der Waals surface area contributed by atoms with Gasteiger partial charge in [0.15, 0.2) is 0 Å². The van der Waals surface area contributed by atoms with Gasteiger partial charge in [-0.15, -0.1) is 0 Å². The molecule has 0 spiro atoms. The van der Waals surface area contributed by atoms with Gasteiger partial charge in [0.05, 0.1) is 10.9 Å². The molecule has 1 aromatic carbocycles. The molecule has 29 heavy (non-hydrogen) atoms. The van der Waals surface area contributed by atoms with Crippen LogP contribution in [-0.2, 0) is 14.8 Å². The minimum atomic E-state index is -3.78. The number of likely N-dealkylation sites (N-methyl/N-ethyl adjacent to an activating group) is 1. The zero-order valence-electron chi connectivity index (χ0n) is 17.7. The van der Waals surface area contributed by atoms with Crippen molar-refractivity contribution in [2.75, 3.05) is 20.6 Å². The molecule has 2 aromatic rings. The number of amides is 1. The molecule has 2 rings (SSSR count). The van der Waals surface area contributed by atoms with E-state index in [0.29, 0.717) is 13.0 Å². The number of nitrogens with zero attached hydrogens (tertiary/aromatic N) is 1. The summed E-state index contributed by atoms with van der Waals surface area (Å²) in [7, 11) is 0.132. The van der Waals surface area contributed by atoms with E-state index in [0.717, 1.165) is 11.1 Å². The van der Waals surface area contributed by atoms with Crippen LogP contribution >= 0.6 is 11.3 Å². The van der Waals surface area contributed by atoms with Gasteiger partial charge in [0.2, 0.25) is 15.9 Å². The monoisotopic (exact) mass is 437 g/mol. The Hall–Kier alpha value is -1.74. The van der Waals surface area contributed by atoms with Crippen molar-refractivity contribution in [1.82, 2.24) is 14.9 Å². The number of carbonyl (C=O) groups excluding carboxylic acids is 1. The Labute approximate surface area is 178 Å². The van der Waals surface area contributed by atoms with Gasteiger partial charge in [-0.1, -0.05) is 31.5 Å². The molecule has 160 valence electrons. The van der Waals surface area contributed by atoms with Crippen molar-refractivity contribution >= 4 is 27.3 Å². The Morgan fingerprint density at radius 3 is 2.31 bits per heavy atom. The predicted octanol–water partition coefficient (Wildman–Crippen LogP) is 3.17. The molecule has 0 saturated heterocycles. The van der Waals surface area contributed by atoms with Crippen molar-refractivity contribution < 1.29 is 13.2 Å². The second kappa shape index (κ2) is 10.3. The number of aryl methyl sites for hydroxylation is 1. The van der Waals surface area contributed by atoms with Crippen LogP contribution in [0.3, 0.4) is 0 Å². The average Bonchev–Trinajstić information content (AvgIpc) is 3.15. The lowest BCUT2D eigenvalue weighted by Crippen LogP contribution is -2.48. The molecule has 1 aromatic heterocycles. The molecule has 0 bridgehead atoms. The van der Waals surface area contributed by atoms with Gasteiger partial charge in [-0.05, 0) is 67.9 Å². The minimum absolute atomic E-state index is 0.0265. The van der Waals surface area contributed by atoms with Crippen molar-refractivity contribution in [2.24, 2.45) is 5.92 Å². The lowest BCUT2D eigenvalue weighted by Gasteiger charge is -2.26. The maximum Gasteiger partial charge on any atom is 0.241 e. The second-order valence-corrected chi connectivity index (χ2v) is 10.4. The van der Waals surface area contributed by atoms with Gasteiger partial charge in [-0.25, -0.2) is 8.42 Å². The predicted molar refractivity (Wildman–Crippen MR) is 119 cm³/mol. The van der Waals surface area contributed by atoms with Gasteiger partial charge in [0, 0.05) is 6.54 Å². The number of nitrogens with one attached hydrogen (secondary N) is 2. The van der Waals surface area contributed by atoms with Gasteiger partial charge < -0.3 is 10.2 Å². The van der Waals surface area contributed by atoms with Gasteiger partial charge in [0.1, 0.15) is 6.04 Å². The van der Waals surface area contributed by atoms with E-state index in [2.05, 4.69) is 15.4 Å². The summed E-state index contributed by atoms with van der Waals surface area (Å²) in [4.78, 5) is 15.1. The molecule has 1 heterocycles. The molecule has 8 heteroatoms. The highest BCUT2D eigenvalue weighted by molar-refractivity contribution is 7.89. The SMILES string of the molecule is Cc1ccc(S(=O)(=O)NC(CC(C)C)C(=O)NCC(c2ccsc2)N(C)C)cc1. The molecule has 2 N–H and O–H groups in total.